The fourth-order valence-corrected chi connectivity index (χ4v) is 5.22. The van der Waals surface area contributed by atoms with Crippen LogP contribution in [0.3, 0.4) is 0 Å². The number of nitrogens with zero attached hydrogens (tertiary/aromatic N) is 4. The van der Waals surface area contributed by atoms with Crippen molar-refractivity contribution in [3.05, 3.63) is 23.0 Å². The smallest absolute Gasteiger partial charge is 0.252 e. The second-order valence-electron chi connectivity index (χ2n) is 7.18. The molecule has 2 aromatic heterocycles. The Balaban J connectivity index is 1.73. The van der Waals surface area contributed by atoms with Crippen LogP contribution in [0, 0.1) is 13.8 Å². The van der Waals surface area contributed by atoms with Crippen LogP contribution >= 0.6 is 0 Å². The fourth-order valence-electron chi connectivity index (χ4n) is 3.68. The van der Waals surface area contributed by atoms with Crippen molar-refractivity contribution >= 4 is 27.0 Å². The average Bonchev–Trinajstić information content (AvgIpc) is 2.88. The van der Waals surface area contributed by atoms with Crippen LogP contribution in [0.15, 0.2) is 6.07 Å². The Morgan fingerprint density at radius 3 is 2.59 bits per heavy atom. The molecule has 1 amide bonds. The molecule has 1 fully saturated rings. The molecule has 0 saturated carbocycles. The zero-order valence-corrected chi connectivity index (χ0v) is 17.1. The molecule has 3 rings (SSSR count). The molecule has 9 heteroatoms. The number of pyridine rings is 1. The molecule has 0 aliphatic carbocycles. The molecule has 148 valence electrons. The molecule has 27 heavy (non-hydrogen) atoms. The van der Waals surface area contributed by atoms with Gasteiger partial charge in [0, 0.05) is 31.9 Å². The quantitative estimate of drug-likeness (QED) is 0.831. The average molecular weight is 394 g/mol. The molecule has 1 aliphatic rings. The van der Waals surface area contributed by atoms with E-state index in [1.165, 1.54) is 0 Å². The lowest BCUT2D eigenvalue weighted by Gasteiger charge is -2.31. The highest BCUT2D eigenvalue weighted by Gasteiger charge is 2.28. The fraction of sp³-hybridized carbons (Fsp3) is 0.611. The van der Waals surface area contributed by atoms with E-state index >= 15 is 0 Å². The van der Waals surface area contributed by atoms with Crippen molar-refractivity contribution in [1.29, 1.82) is 0 Å². The van der Waals surface area contributed by atoms with E-state index in [0.29, 0.717) is 43.6 Å². The van der Waals surface area contributed by atoms with Crippen molar-refractivity contribution in [3.63, 3.8) is 0 Å². The molecule has 1 saturated heterocycles. The molecule has 1 N–H and O–H groups in total. The number of nitrogens with one attached hydrogen (secondary N) is 1. The van der Waals surface area contributed by atoms with Gasteiger partial charge in [0.25, 0.3) is 5.91 Å². The van der Waals surface area contributed by atoms with E-state index in [1.54, 1.807) is 15.1 Å². The third-order valence-electron chi connectivity index (χ3n) is 4.99. The van der Waals surface area contributed by atoms with Crippen LogP contribution in [0.5, 0.6) is 0 Å². The lowest BCUT2D eigenvalue weighted by molar-refractivity contribution is 0.0925. The molecule has 0 unspecified atom stereocenters. The van der Waals surface area contributed by atoms with Gasteiger partial charge in [-0.05, 0) is 39.2 Å². The van der Waals surface area contributed by atoms with Gasteiger partial charge in [-0.1, -0.05) is 6.92 Å². The van der Waals surface area contributed by atoms with Gasteiger partial charge < -0.3 is 5.32 Å². The number of hydrogen-bond acceptors (Lipinski definition) is 5. The van der Waals surface area contributed by atoms with Crippen LogP contribution in [0.2, 0.25) is 0 Å². The lowest BCUT2D eigenvalue weighted by Crippen LogP contribution is -2.47. The van der Waals surface area contributed by atoms with Gasteiger partial charge in [-0.25, -0.2) is 17.7 Å². The number of hydrogen-bond donors (Lipinski definition) is 1. The van der Waals surface area contributed by atoms with Gasteiger partial charge in [-0.15, -0.1) is 0 Å². The molecule has 0 bridgehead atoms. The minimum Gasteiger partial charge on any atom is -0.349 e. The first kappa shape index (κ1) is 19.8. The first-order valence-corrected chi connectivity index (χ1v) is 10.9. The highest BCUT2D eigenvalue weighted by Crippen LogP contribution is 2.22. The van der Waals surface area contributed by atoms with Crippen molar-refractivity contribution in [2.45, 2.75) is 46.1 Å². The highest BCUT2D eigenvalue weighted by atomic mass is 32.2. The standard InChI is InChI=1S/C18H27N5O3S/c1-5-10-27(25,26)23-8-6-14(7-9-23)20-18(24)15-11-12(2)19-17-16(15)13(3)21-22(17)4/h11,14H,5-10H2,1-4H3,(H,20,24). The van der Waals surface area contributed by atoms with E-state index in [4.69, 9.17) is 0 Å². The maximum atomic E-state index is 12.9. The normalized spacial score (nSPS) is 16.7. The summed E-state index contributed by atoms with van der Waals surface area (Å²) in [4.78, 5) is 17.4. The second kappa shape index (κ2) is 7.55. The molecule has 3 heterocycles. The van der Waals surface area contributed by atoms with Gasteiger partial charge in [0.1, 0.15) is 0 Å². The minimum absolute atomic E-state index is 0.0360. The van der Waals surface area contributed by atoms with Crippen LogP contribution in [0.1, 0.15) is 47.9 Å². The third-order valence-corrected chi connectivity index (χ3v) is 7.06. The van der Waals surface area contributed by atoms with Gasteiger partial charge in [0.15, 0.2) is 5.65 Å². The summed E-state index contributed by atoms with van der Waals surface area (Å²) in [5.74, 6) is 0.0231. The number of carbonyl (C=O) groups excluding carboxylic acids is 1. The molecule has 8 nitrogen and oxygen atoms in total. The predicted octanol–water partition coefficient (Wildman–Crippen LogP) is 1.52. The summed E-state index contributed by atoms with van der Waals surface area (Å²) < 4.78 is 27.6. The van der Waals surface area contributed by atoms with Crippen LogP contribution in [-0.2, 0) is 17.1 Å². The van der Waals surface area contributed by atoms with Crippen molar-refractivity contribution < 1.29 is 13.2 Å². The molecular weight excluding hydrogens is 366 g/mol. The molecule has 0 atom stereocenters. The van der Waals surface area contributed by atoms with Gasteiger partial charge in [-0.2, -0.15) is 5.10 Å². The Hall–Kier alpha value is -2.00. The van der Waals surface area contributed by atoms with Crippen LogP contribution in [-0.4, -0.2) is 58.3 Å². The summed E-state index contributed by atoms with van der Waals surface area (Å²) in [5, 5.41) is 8.21. The summed E-state index contributed by atoms with van der Waals surface area (Å²) in [7, 11) is -1.36. The van der Waals surface area contributed by atoms with Crippen LogP contribution < -0.4 is 5.32 Å². The van der Waals surface area contributed by atoms with E-state index in [9.17, 15) is 13.2 Å². The zero-order valence-electron chi connectivity index (χ0n) is 16.3. The first-order valence-electron chi connectivity index (χ1n) is 9.32. The molecule has 0 spiro atoms. The zero-order chi connectivity index (χ0) is 19.8. The summed E-state index contributed by atoms with van der Waals surface area (Å²) >= 11 is 0. The number of aromatic nitrogens is 3. The Labute approximate surface area is 160 Å². The van der Waals surface area contributed by atoms with E-state index in [-0.39, 0.29) is 17.7 Å². The maximum Gasteiger partial charge on any atom is 0.252 e. The summed E-state index contributed by atoms with van der Waals surface area (Å²) in [6.07, 6.45) is 1.85. The molecular formula is C18H27N5O3S. The number of carbonyl (C=O) groups is 1. The monoisotopic (exact) mass is 393 g/mol. The molecule has 2 aromatic rings. The Morgan fingerprint density at radius 1 is 1.30 bits per heavy atom. The number of rotatable bonds is 5. The first-order chi connectivity index (χ1) is 12.7. The van der Waals surface area contributed by atoms with Crippen molar-refractivity contribution in [3.8, 4) is 0 Å². The molecule has 0 aromatic carbocycles. The Kier molecular flexibility index (Phi) is 5.53. The lowest BCUT2D eigenvalue weighted by atomic mass is 10.0. The van der Waals surface area contributed by atoms with Crippen molar-refractivity contribution in [1.82, 2.24) is 24.4 Å². The summed E-state index contributed by atoms with van der Waals surface area (Å²) in [6, 6.07) is 1.75. The van der Waals surface area contributed by atoms with Crippen molar-refractivity contribution in [2.24, 2.45) is 7.05 Å². The van der Waals surface area contributed by atoms with Crippen molar-refractivity contribution in [2.75, 3.05) is 18.8 Å². The highest BCUT2D eigenvalue weighted by molar-refractivity contribution is 7.89. The van der Waals surface area contributed by atoms with E-state index < -0.39 is 10.0 Å². The number of fused-ring (bicyclic) bond motifs is 1. The van der Waals surface area contributed by atoms with E-state index in [2.05, 4.69) is 15.4 Å². The van der Waals surface area contributed by atoms with Gasteiger partial charge in [-0.3, -0.25) is 9.48 Å². The van der Waals surface area contributed by atoms with Gasteiger partial charge in [0.05, 0.1) is 22.4 Å². The number of amides is 1. The Bertz CT molecular complexity index is 959. The number of sulfonamides is 1. The maximum absolute atomic E-state index is 12.9. The van der Waals surface area contributed by atoms with E-state index in [0.717, 1.165) is 16.8 Å². The number of aryl methyl sites for hydroxylation is 3. The third kappa shape index (κ3) is 3.98. The summed E-state index contributed by atoms with van der Waals surface area (Å²) in [5.41, 5.74) is 2.80. The second-order valence-corrected chi connectivity index (χ2v) is 9.27. The SMILES string of the molecule is CCCS(=O)(=O)N1CCC(NC(=O)c2cc(C)nc3c2c(C)nn3C)CC1. The van der Waals surface area contributed by atoms with Gasteiger partial charge >= 0.3 is 0 Å². The minimum atomic E-state index is -3.17. The van der Waals surface area contributed by atoms with Crippen LogP contribution in [0.25, 0.3) is 11.0 Å². The summed E-state index contributed by atoms with van der Waals surface area (Å²) in [6.45, 7) is 6.49. The molecule has 0 radical (unpaired) electrons. The largest absolute Gasteiger partial charge is 0.349 e. The van der Waals surface area contributed by atoms with E-state index in [1.807, 2.05) is 27.8 Å². The van der Waals surface area contributed by atoms with Crippen LogP contribution in [0.4, 0.5) is 0 Å². The van der Waals surface area contributed by atoms with Gasteiger partial charge in [0.2, 0.25) is 10.0 Å². The Morgan fingerprint density at radius 2 is 1.96 bits per heavy atom. The predicted molar refractivity (Wildman–Crippen MR) is 104 cm³/mol. The topological polar surface area (TPSA) is 97.2 Å². The number of piperidine rings is 1. The molecule has 1 aliphatic heterocycles.